The molecule has 9 heteroatoms. The molecule has 2 aromatic carbocycles. The molecule has 6 nitrogen and oxygen atoms in total. The van der Waals surface area contributed by atoms with Gasteiger partial charge in [-0.3, -0.25) is 15.1 Å². The Bertz CT molecular complexity index is 1260. The number of amides is 1. The molecule has 0 aliphatic heterocycles. The number of guanidine groups is 1. The number of rotatable bonds is 5. The van der Waals surface area contributed by atoms with Crippen molar-refractivity contribution >= 4 is 46.4 Å². The monoisotopic (exact) mass is 481 g/mol. The van der Waals surface area contributed by atoms with E-state index in [1.165, 1.54) is 11.3 Å². The van der Waals surface area contributed by atoms with E-state index in [0.717, 1.165) is 27.9 Å². The molecule has 0 unspecified atom stereocenters. The number of pyridine rings is 1. The van der Waals surface area contributed by atoms with Crippen molar-refractivity contribution in [2.75, 3.05) is 0 Å². The minimum atomic E-state index is -0.398. The molecule has 160 valence electrons. The van der Waals surface area contributed by atoms with Gasteiger partial charge in [-0.2, -0.15) is 0 Å². The maximum Gasteiger partial charge on any atom is 0.277 e. The van der Waals surface area contributed by atoms with Crippen LogP contribution >= 0.6 is 34.5 Å². The summed E-state index contributed by atoms with van der Waals surface area (Å²) in [5.74, 6) is -0.386. The number of aliphatic imine (C=N–C) groups is 1. The lowest BCUT2D eigenvalue weighted by Crippen LogP contribution is -2.37. The molecule has 32 heavy (non-hydrogen) atoms. The number of nitrogens with zero attached hydrogens (tertiary/aromatic N) is 3. The van der Waals surface area contributed by atoms with Crippen molar-refractivity contribution in [3.05, 3.63) is 93.0 Å². The Balaban J connectivity index is 1.62. The zero-order valence-corrected chi connectivity index (χ0v) is 19.0. The summed E-state index contributed by atoms with van der Waals surface area (Å²) < 4.78 is 0. The van der Waals surface area contributed by atoms with Gasteiger partial charge in [0.25, 0.3) is 5.91 Å². The predicted molar refractivity (Wildman–Crippen MR) is 130 cm³/mol. The van der Waals surface area contributed by atoms with E-state index in [0.29, 0.717) is 15.7 Å². The molecule has 0 fully saturated rings. The molecule has 0 radical (unpaired) electrons. The molecule has 0 bridgehead atoms. The Hall–Kier alpha value is -3.26. The number of nitrogens with two attached hydrogens (primary N) is 1. The standard InChI is InChI=1S/C23H17Cl2N5OS/c24-17-5-1-15(2-6-17)19-9-14(10-27-21(19)16-3-7-18(25)8-4-16)11-28-23(26)30-22(31)20-12-32-13-29-20/h1-10,12-13H,11H2,(H3,26,28,30,31). The summed E-state index contributed by atoms with van der Waals surface area (Å²) in [6.07, 6.45) is 1.74. The summed E-state index contributed by atoms with van der Waals surface area (Å²) in [5, 5.41) is 5.48. The van der Waals surface area contributed by atoms with E-state index in [4.69, 9.17) is 28.9 Å². The second-order valence-electron chi connectivity index (χ2n) is 6.78. The molecule has 2 heterocycles. The SMILES string of the molecule is NC(=NCc1cnc(-c2ccc(Cl)cc2)c(-c2ccc(Cl)cc2)c1)NC(=O)c1cscn1. The summed E-state index contributed by atoms with van der Waals surface area (Å²) in [6.45, 7) is 0.248. The quantitative estimate of drug-likeness (QED) is 0.293. The highest BCUT2D eigenvalue weighted by Gasteiger charge is 2.12. The van der Waals surface area contributed by atoms with Gasteiger partial charge < -0.3 is 5.73 Å². The van der Waals surface area contributed by atoms with Crippen LogP contribution in [0.15, 0.2) is 76.7 Å². The van der Waals surface area contributed by atoms with Crippen LogP contribution in [-0.2, 0) is 6.54 Å². The number of halogens is 2. The summed E-state index contributed by atoms with van der Waals surface area (Å²) >= 11 is 13.4. The largest absolute Gasteiger partial charge is 0.370 e. The number of thiazole rings is 1. The highest BCUT2D eigenvalue weighted by Crippen LogP contribution is 2.32. The number of carbonyl (C=O) groups excluding carboxylic acids is 1. The Labute approximate surface area is 198 Å². The van der Waals surface area contributed by atoms with Crippen LogP contribution in [0.3, 0.4) is 0 Å². The van der Waals surface area contributed by atoms with E-state index in [9.17, 15) is 4.79 Å². The van der Waals surface area contributed by atoms with Gasteiger partial charge in [-0.1, -0.05) is 47.5 Å². The number of carbonyl (C=O) groups is 1. The van der Waals surface area contributed by atoms with Crippen LogP contribution in [0.25, 0.3) is 22.4 Å². The lowest BCUT2D eigenvalue weighted by Gasteiger charge is -2.12. The van der Waals surface area contributed by atoms with Gasteiger partial charge in [0.15, 0.2) is 5.96 Å². The van der Waals surface area contributed by atoms with Gasteiger partial charge in [-0.25, -0.2) is 9.98 Å². The van der Waals surface area contributed by atoms with Crippen LogP contribution in [0.4, 0.5) is 0 Å². The number of benzene rings is 2. The van der Waals surface area contributed by atoms with E-state index >= 15 is 0 Å². The molecule has 0 aliphatic carbocycles. The Kier molecular flexibility index (Phi) is 6.80. The molecule has 4 aromatic rings. The lowest BCUT2D eigenvalue weighted by molar-refractivity contribution is 0.0972. The topological polar surface area (TPSA) is 93.3 Å². The minimum Gasteiger partial charge on any atom is -0.370 e. The Morgan fingerprint density at radius 2 is 1.66 bits per heavy atom. The van der Waals surface area contributed by atoms with Crippen molar-refractivity contribution in [1.29, 1.82) is 0 Å². The Morgan fingerprint density at radius 1 is 1.00 bits per heavy atom. The van der Waals surface area contributed by atoms with Gasteiger partial charge in [0.05, 0.1) is 17.7 Å². The fraction of sp³-hybridized carbons (Fsp3) is 0.0435. The second-order valence-corrected chi connectivity index (χ2v) is 8.37. The van der Waals surface area contributed by atoms with Crippen LogP contribution in [0.2, 0.25) is 10.0 Å². The first kappa shape index (κ1) is 22.0. The van der Waals surface area contributed by atoms with E-state index in [1.54, 1.807) is 17.1 Å². The number of nitrogens with one attached hydrogen (secondary N) is 1. The lowest BCUT2D eigenvalue weighted by atomic mass is 9.98. The molecule has 2 aromatic heterocycles. The van der Waals surface area contributed by atoms with Gasteiger partial charge in [0.2, 0.25) is 0 Å². The molecule has 0 aliphatic rings. The first-order valence-corrected chi connectivity index (χ1v) is 11.2. The van der Waals surface area contributed by atoms with Gasteiger partial charge in [0.1, 0.15) is 5.69 Å². The average Bonchev–Trinajstić information content (AvgIpc) is 3.34. The highest BCUT2D eigenvalue weighted by molar-refractivity contribution is 7.07. The first-order valence-electron chi connectivity index (χ1n) is 9.50. The van der Waals surface area contributed by atoms with Gasteiger partial charge >= 0.3 is 0 Å². The van der Waals surface area contributed by atoms with Gasteiger partial charge in [-0.15, -0.1) is 11.3 Å². The average molecular weight is 482 g/mol. The van der Waals surface area contributed by atoms with Crippen LogP contribution in [0.1, 0.15) is 16.1 Å². The summed E-state index contributed by atoms with van der Waals surface area (Å²) in [4.78, 5) is 25.0. The van der Waals surface area contributed by atoms with Crippen LogP contribution in [0, 0.1) is 0 Å². The fourth-order valence-corrected chi connectivity index (χ4v) is 3.79. The van der Waals surface area contributed by atoms with E-state index in [2.05, 4.69) is 20.3 Å². The molecular weight excluding hydrogens is 465 g/mol. The minimum absolute atomic E-state index is 0.0119. The first-order chi connectivity index (χ1) is 15.5. The second kappa shape index (κ2) is 9.91. The molecule has 0 saturated heterocycles. The van der Waals surface area contributed by atoms with Crippen LogP contribution in [0.5, 0.6) is 0 Å². The highest BCUT2D eigenvalue weighted by atomic mass is 35.5. The van der Waals surface area contributed by atoms with Crippen LogP contribution < -0.4 is 11.1 Å². The third-order valence-electron chi connectivity index (χ3n) is 4.56. The third-order valence-corrected chi connectivity index (χ3v) is 5.65. The van der Waals surface area contributed by atoms with Crippen molar-refractivity contribution in [2.45, 2.75) is 6.54 Å². The summed E-state index contributed by atoms with van der Waals surface area (Å²) in [5.41, 5.74) is 12.2. The smallest absolute Gasteiger partial charge is 0.277 e. The van der Waals surface area contributed by atoms with Crippen LogP contribution in [-0.4, -0.2) is 21.8 Å². The van der Waals surface area contributed by atoms with Gasteiger partial charge in [0, 0.05) is 32.7 Å². The third kappa shape index (κ3) is 5.31. The Morgan fingerprint density at radius 3 is 2.28 bits per heavy atom. The number of aromatic nitrogens is 2. The zero-order valence-electron chi connectivity index (χ0n) is 16.6. The summed E-state index contributed by atoms with van der Waals surface area (Å²) in [6, 6.07) is 17.0. The summed E-state index contributed by atoms with van der Waals surface area (Å²) in [7, 11) is 0. The van der Waals surface area contributed by atoms with E-state index < -0.39 is 5.91 Å². The molecule has 0 saturated carbocycles. The maximum atomic E-state index is 12.1. The fourth-order valence-electron chi connectivity index (χ4n) is 3.00. The van der Waals surface area contributed by atoms with Crippen molar-refractivity contribution in [3.8, 4) is 22.4 Å². The van der Waals surface area contributed by atoms with E-state index in [1.807, 2.05) is 54.6 Å². The van der Waals surface area contributed by atoms with Crippen molar-refractivity contribution < 1.29 is 4.79 Å². The molecular formula is C23H17Cl2N5OS. The van der Waals surface area contributed by atoms with Crippen molar-refractivity contribution in [1.82, 2.24) is 15.3 Å². The number of hydrogen-bond donors (Lipinski definition) is 2. The predicted octanol–water partition coefficient (Wildman–Crippen LogP) is 5.42. The molecule has 0 spiro atoms. The molecule has 4 rings (SSSR count). The van der Waals surface area contributed by atoms with E-state index in [-0.39, 0.29) is 12.5 Å². The van der Waals surface area contributed by atoms with Crippen molar-refractivity contribution in [3.63, 3.8) is 0 Å². The molecule has 0 atom stereocenters. The van der Waals surface area contributed by atoms with Gasteiger partial charge in [-0.05, 0) is 41.5 Å². The molecule has 1 amide bonds. The zero-order chi connectivity index (χ0) is 22.5. The molecule has 3 N–H and O–H groups in total. The maximum absolute atomic E-state index is 12.1. The van der Waals surface area contributed by atoms with Crippen molar-refractivity contribution in [2.24, 2.45) is 10.7 Å². The normalized spacial score (nSPS) is 11.4. The number of hydrogen-bond acceptors (Lipinski definition) is 5.